The molecule has 3 fully saturated rings. The van der Waals surface area contributed by atoms with E-state index in [2.05, 4.69) is 32.9 Å². The second kappa shape index (κ2) is 56.1. The lowest BCUT2D eigenvalue weighted by molar-refractivity contribution is -0.360. The molecule has 3 aliphatic rings. The van der Waals surface area contributed by atoms with Gasteiger partial charge in [0, 0.05) is 19.3 Å². The standard InChI is InChI=1S/C74H137O24P/c1-4-7-10-13-16-19-22-25-27-29-31-34-37-40-43-46-49-59(77)91-54-57-62(80)64(82)69(87)74(95-57)97-71-67(85)65(83)66(84)70(96-73-68(86)63(81)61(79)56(51-75)94-73)72(71)98-99(88,89)92-53-55(52-90-58(76)48-45-42-39-36-33-30-24-21-18-15-12-9-6-3)93-60(78)50-47-44-41-38-35-32-28-26-23-20-17-14-11-8-5-2/h30,33,55-57,61-75,79-87H,4-29,31-32,34-54H2,1-3H3,(H,88,89)/b33-30-. The fourth-order valence-electron chi connectivity index (χ4n) is 12.9. The summed E-state index contributed by atoms with van der Waals surface area (Å²) in [5.74, 6) is -2.00. The van der Waals surface area contributed by atoms with Crippen molar-refractivity contribution in [2.24, 2.45) is 0 Å². The molecule has 0 bridgehead atoms. The van der Waals surface area contributed by atoms with Crippen LogP contribution in [0.2, 0.25) is 0 Å². The Labute approximate surface area is 592 Å². The molecule has 0 spiro atoms. The zero-order valence-corrected chi connectivity index (χ0v) is 61.7. The molecule has 0 aromatic carbocycles. The van der Waals surface area contributed by atoms with Gasteiger partial charge in [0.1, 0.15) is 98.7 Å². The van der Waals surface area contributed by atoms with Crippen molar-refractivity contribution in [3.8, 4) is 0 Å². The summed E-state index contributed by atoms with van der Waals surface area (Å²) in [7, 11) is -5.70. The number of rotatable bonds is 61. The molecule has 11 N–H and O–H groups in total. The topological polar surface area (TPSA) is 374 Å². The third kappa shape index (κ3) is 39.0. The minimum absolute atomic E-state index is 0.0278. The Morgan fingerprint density at radius 1 is 0.384 bits per heavy atom. The van der Waals surface area contributed by atoms with Gasteiger partial charge in [-0.1, -0.05) is 258 Å². The summed E-state index contributed by atoms with van der Waals surface area (Å²) in [6.45, 7) is 3.45. The molecule has 0 amide bonds. The maximum absolute atomic E-state index is 14.3. The van der Waals surface area contributed by atoms with Gasteiger partial charge in [0.25, 0.3) is 0 Å². The van der Waals surface area contributed by atoms with Crippen molar-refractivity contribution in [2.45, 2.75) is 414 Å². The number of esters is 3. The van der Waals surface area contributed by atoms with Gasteiger partial charge in [0.2, 0.25) is 0 Å². The lowest BCUT2D eigenvalue weighted by Crippen LogP contribution is -2.69. The highest BCUT2D eigenvalue weighted by Crippen LogP contribution is 2.49. The van der Waals surface area contributed by atoms with Crippen molar-refractivity contribution in [1.29, 1.82) is 0 Å². The first kappa shape index (κ1) is 90.9. The first-order valence-electron chi connectivity index (χ1n) is 39.0. The molecule has 1 aliphatic carbocycles. The van der Waals surface area contributed by atoms with Crippen LogP contribution in [0.15, 0.2) is 12.2 Å². The predicted octanol–water partition coefficient (Wildman–Crippen LogP) is 11.1. The van der Waals surface area contributed by atoms with E-state index in [0.717, 1.165) is 96.3 Å². The summed E-state index contributed by atoms with van der Waals surface area (Å²) in [6, 6.07) is 0. The summed E-state index contributed by atoms with van der Waals surface area (Å²) in [5.41, 5.74) is 0. The number of hydrogen-bond donors (Lipinski definition) is 11. The molecule has 18 atom stereocenters. The summed E-state index contributed by atoms with van der Waals surface area (Å²) < 4.78 is 65.1. The van der Waals surface area contributed by atoms with Gasteiger partial charge < -0.3 is 89.1 Å². The maximum Gasteiger partial charge on any atom is 0.472 e. The van der Waals surface area contributed by atoms with Gasteiger partial charge in [-0.15, -0.1) is 0 Å². The fourth-order valence-corrected chi connectivity index (χ4v) is 13.9. The Balaban J connectivity index is 1.72. The van der Waals surface area contributed by atoms with E-state index in [9.17, 15) is 74.9 Å². The lowest BCUT2D eigenvalue weighted by atomic mass is 9.84. The van der Waals surface area contributed by atoms with Gasteiger partial charge in [0.15, 0.2) is 18.7 Å². The maximum atomic E-state index is 14.3. The van der Waals surface area contributed by atoms with Crippen LogP contribution in [0, 0.1) is 0 Å². The van der Waals surface area contributed by atoms with Gasteiger partial charge >= 0.3 is 25.7 Å². The quantitative estimate of drug-likeness (QED) is 0.00886. The molecule has 24 nitrogen and oxygen atoms in total. The number of carbonyl (C=O) groups is 3. The number of ether oxygens (including phenoxy) is 7. The predicted molar refractivity (Wildman–Crippen MR) is 375 cm³/mol. The lowest BCUT2D eigenvalue weighted by Gasteiger charge is -2.49. The van der Waals surface area contributed by atoms with Crippen LogP contribution in [0.4, 0.5) is 0 Å². The van der Waals surface area contributed by atoms with Gasteiger partial charge in [0.05, 0.1) is 13.2 Å². The summed E-state index contributed by atoms with van der Waals surface area (Å²) in [5, 5.41) is 110. The average molecular weight is 1440 g/mol. The number of aliphatic hydroxyl groups excluding tert-OH is 10. The highest BCUT2D eigenvalue weighted by molar-refractivity contribution is 7.47. The number of phosphoric acid groups is 1. The summed E-state index contributed by atoms with van der Waals surface area (Å²) in [4.78, 5) is 51.0. The minimum Gasteiger partial charge on any atom is -0.463 e. The van der Waals surface area contributed by atoms with Crippen LogP contribution in [0.25, 0.3) is 0 Å². The van der Waals surface area contributed by atoms with E-state index in [1.54, 1.807) is 0 Å². The van der Waals surface area contributed by atoms with Crippen molar-refractivity contribution in [2.75, 3.05) is 26.4 Å². The second-order valence-corrected chi connectivity index (χ2v) is 29.5. The van der Waals surface area contributed by atoms with E-state index in [1.165, 1.54) is 154 Å². The minimum atomic E-state index is -5.70. The van der Waals surface area contributed by atoms with E-state index < -0.39 is 156 Å². The molecule has 0 radical (unpaired) electrons. The Kier molecular flexibility index (Phi) is 51.5. The largest absolute Gasteiger partial charge is 0.472 e. The van der Waals surface area contributed by atoms with Crippen LogP contribution in [0.1, 0.15) is 310 Å². The van der Waals surface area contributed by atoms with Crippen molar-refractivity contribution in [1.82, 2.24) is 0 Å². The molecule has 582 valence electrons. The monoisotopic (exact) mass is 1440 g/mol. The third-order valence-electron chi connectivity index (χ3n) is 19.3. The van der Waals surface area contributed by atoms with Crippen LogP contribution < -0.4 is 0 Å². The zero-order chi connectivity index (χ0) is 72.5. The van der Waals surface area contributed by atoms with E-state index in [0.29, 0.717) is 19.3 Å². The zero-order valence-electron chi connectivity index (χ0n) is 60.8. The molecule has 18 unspecified atom stereocenters. The molecule has 0 aromatic heterocycles. The molecular weight excluding hydrogens is 1300 g/mol. The molecule has 2 aliphatic heterocycles. The highest BCUT2D eigenvalue weighted by atomic mass is 31.2. The van der Waals surface area contributed by atoms with Gasteiger partial charge in [-0.05, 0) is 44.9 Å². The van der Waals surface area contributed by atoms with Crippen LogP contribution in [-0.4, -0.2) is 204 Å². The molecule has 25 heteroatoms. The van der Waals surface area contributed by atoms with E-state index in [-0.39, 0.29) is 19.3 Å². The normalized spacial score (nSPS) is 27.5. The Morgan fingerprint density at radius 2 is 0.707 bits per heavy atom. The average Bonchev–Trinajstić information content (AvgIpc) is 0.762. The SMILES string of the molecule is CCCCCCCC/C=C\CCCCCC(=O)OCC(COP(=O)(O)OC1C(OC2OC(CO)C(O)C(O)C2O)C(O)C(O)C(O)C1OC1OC(COC(=O)CCCCCCCCCCCCCCCCCC)C(O)C(O)C1O)OC(=O)CCCCCCCCCCCCCCCCC. The first-order chi connectivity index (χ1) is 47.8. The number of phosphoric ester groups is 1. The number of allylic oxidation sites excluding steroid dienone is 2. The number of unbranched alkanes of at least 4 members (excludes halogenated alkanes) is 38. The molecule has 0 aromatic rings. The van der Waals surface area contributed by atoms with E-state index in [4.69, 9.17) is 42.2 Å². The van der Waals surface area contributed by atoms with Crippen LogP contribution in [-0.2, 0) is 61.2 Å². The Bertz CT molecular complexity index is 2090. The Morgan fingerprint density at radius 3 is 1.10 bits per heavy atom. The molecule has 2 heterocycles. The van der Waals surface area contributed by atoms with E-state index >= 15 is 0 Å². The molecule has 1 saturated carbocycles. The smallest absolute Gasteiger partial charge is 0.463 e. The summed E-state index contributed by atoms with van der Waals surface area (Å²) >= 11 is 0. The molecule has 3 rings (SSSR count). The number of hydrogen-bond acceptors (Lipinski definition) is 23. The van der Waals surface area contributed by atoms with Crippen molar-refractivity contribution < 1.29 is 117 Å². The van der Waals surface area contributed by atoms with Gasteiger partial charge in [-0.2, -0.15) is 0 Å². The summed E-state index contributed by atoms with van der Waals surface area (Å²) in [6.07, 6.45) is 15.5. The van der Waals surface area contributed by atoms with Gasteiger partial charge in [-0.25, -0.2) is 4.57 Å². The fraction of sp³-hybridized carbons (Fsp3) is 0.932. The van der Waals surface area contributed by atoms with Crippen molar-refractivity contribution >= 4 is 25.7 Å². The third-order valence-corrected chi connectivity index (χ3v) is 20.3. The van der Waals surface area contributed by atoms with Crippen LogP contribution in [0.5, 0.6) is 0 Å². The molecular formula is C74H137O24P. The molecule has 2 saturated heterocycles. The Hall–Kier alpha value is -2.30. The van der Waals surface area contributed by atoms with Crippen LogP contribution >= 0.6 is 7.82 Å². The number of aliphatic hydroxyl groups is 10. The van der Waals surface area contributed by atoms with Crippen molar-refractivity contribution in [3.63, 3.8) is 0 Å². The van der Waals surface area contributed by atoms with Crippen molar-refractivity contribution in [3.05, 3.63) is 12.2 Å². The highest BCUT2D eigenvalue weighted by Gasteiger charge is 2.58. The van der Waals surface area contributed by atoms with Crippen LogP contribution in [0.3, 0.4) is 0 Å². The first-order valence-corrected chi connectivity index (χ1v) is 40.5. The second-order valence-electron chi connectivity index (χ2n) is 28.1. The van der Waals surface area contributed by atoms with E-state index in [1.807, 2.05) is 0 Å². The number of carbonyl (C=O) groups excluding carboxylic acids is 3. The van der Waals surface area contributed by atoms with Gasteiger partial charge in [-0.3, -0.25) is 23.4 Å². The molecule has 99 heavy (non-hydrogen) atoms.